The summed E-state index contributed by atoms with van der Waals surface area (Å²) in [7, 11) is 1.64. The molecule has 2 aliphatic heterocycles. The number of hydrogen-bond donors (Lipinski definition) is 0. The molecule has 1 amide bonds. The Hall–Kier alpha value is -3.19. The van der Waals surface area contributed by atoms with Gasteiger partial charge in [-0.25, -0.2) is 5.01 Å². The average Bonchev–Trinajstić information content (AvgIpc) is 3.30. The third-order valence-electron chi connectivity index (χ3n) is 6.58. The molecule has 4 rings (SSSR count). The molecule has 0 aromatic heterocycles. The van der Waals surface area contributed by atoms with Gasteiger partial charge in [0, 0.05) is 6.42 Å². The van der Waals surface area contributed by atoms with E-state index < -0.39 is 0 Å². The number of carbonyl (C=O) groups excluding carboxylic acids is 2. The molecule has 34 heavy (non-hydrogen) atoms. The summed E-state index contributed by atoms with van der Waals surface area (Å²) in [5.74, 6) is 0.554. The van der Waals surface area contributed by atoms with Crippen LogP contribution in [0.3, 0.4) is 0 Å². The van der Waals surface area contributed by atoms with E-state index in [4.69, 9.17) is 14.6 Å². The number of carbonyl (C=O) groups is 2. The largest absolute Gasteiger partial charge is 0.497 e. The highest BCUT2D eigenvalue weighted by Gasteiger charge is 2.35. The molecule has 1 fully saturated rings. The highest BCUT2D eigenvalue weighted by molar-refractivity contribution is 6.03. The topological polar surface area (TPSA) is 71.4 Å². The number of esters is 1. The Morgan fingerprint density at radius 1 is 1.09 bits per heavy atom. The van der Waals surface area contributed by atoms with Crippen LogP contribution in [0.25, 0.3) is 0 Å². The molecule has 0 aliphatic carbocycles. The number of likely N-dealkylation sites (tertiary alicyclic amines) is 1. The van der Waals surface area contributed by atoms with Crippen LogP contribution < -0.4 is 4.74 Å². The summed E-state index contributed by atoms with van der Waals surface area (Å²) >= 11 is 0. The quantitative estimate of drug-likeness (QED) is 0.582. The van der Waals surface area contributed by atoms with Gasteiger partial charge in [0.2, 0.25) is 0 Å². The van der Waals surface area contributed by atoms with Gasteiger partial charge in [0.15, 0.2) is 0 Å². The van der Waals surface area contributed by atoms with Gasteiger partial charge < -0.3 is 9.47 Å². The summed E-state index contributed by atoms with van der Waals surface area (Å²) in [5, 5.41) is 6.45. The second-order valence-electron chi connectivity index (χ2n) is 8.95. The molecule has 0 bridgehead atoms. The maximum atomic E-state index is 13.4. The third kappa shape index (κ3) is 5.47. The molecule has 0 saturated carbocycles. The lowest BCUT2D eigenvalue weighted by atomic mass is 9.96. The van der Waals surface area contributed by atoms with Crippen LogP contribution in [0.5, 0.6) is 5.75 Å². The number of methoxy groups -OCH3 is 1. The van der Waals surface area contributed by atoms with Gasteiger partial charge in [-0.15, -0.1) is 0 Å². The van der Waals surface area contributed by atoms with Gasteiger partial charge in [-0.2, -0.15) is 5.10 Å². The van der Waals surface area contributed by atoms with Crippen LogP contribution in [0.2, 0.25) is 0 Å². The molecule has 2 heterocycles. The van der Waals surface area contributed by atoms with Crippen molar-refractivity contribution >= 4 is 17.6 Å². The molecule has 2 aromatic carbocycles. The normalized spacial score (nSPS) is 19.1. The summed E-state index contributed by atoms with van der Waals surface area (Å²) in [6.45, 7) is 5.97. The van der Waals surface area contributed by atoms with E-state index in [1.54, 1.807) is 12.1 Å². The van der Waals surface area contributed by atoms with E-state index in [0.717, 1.165) is 28.2 Å². The van der Waals surface area contributed by atoms with Crippen molar-refractivity contribution in [2.75, 3.05) is 33.4 Å². The van der Waals surface area contributed by atoms with E-state index in [9.17, 15) is 9.59 Å². The van der Waals surface area contributed by atoms with E-state index in [1.807, 2.05) is 43.3 Å². The first-order valence-electron chi connectivity index (χ1n) is 12.0. The van der Waals surface area contributed by atoms with Crippen LogP contribution in [0, 0.1) is 12.8 Å². The van der Waals surface area contributed by atoms with Crippen LogP contribution >= 0.6 is 0 Å². The summed E-state index contributed by atoms with van der Waals surface area (Å²) in [4.78, 5) is 27.6. The van der Waals surface area contributed by atoms with Crippen molar-refractivity contribution in [3.63, 3.8) is 0 Å². The highest BCUT2D eigenvalue weighted by atomic mass is 16.5. The number of ether oxygens (including phenoxy) is 2. The van der Waals surface area contributed by atoms with Crippen molar-refractivity contribution in [1.82, 2.24) is 9.91 Å². The van der Waals surface area contributed by atoms with Crippen LogP contribution in [0.4, 0.5) is 0 Å². The van der Waals surface area contributed by atoms with Crippen LogP contribution in [-0.2, 0) is 14.3 Å². The van der Waals surface area contributed by atoms with E-state index in [-0.39, 0.29) is 30.4 Å². The van der Waals surface area contributed by atoms with Crippen LogP contribution in [0.15, 0.2) is 53.6 Å². The maximum absolute atomic E-state index is 13.4. The first-order chi connectivity index (χ1) is 16.5. The van der Waals surface area contributed by atoms with E-state index in [2.05, 4.69) is 24.0 Å². The lowest BCUT2D eigenvalue weighted by Crippen LogP contribution is -2.43. The lowest BCUT2D eigenvalue weighted by molar-refractivity contribution is -0.149. The number of rotatable bonds is 7. The van der Waals surface area contributed by atoms with Gasteiger partial charge in [0.05, 0.1) is 37.9 Å². The molecule has 0 N–H and O–H groups in total. The van der Waals surface area contributed by atoms with E-state index in [1.165, 1.54) is 0 Å². The molecule has 0 spiro atoms. The highest BCUT2D eigenvalue weighted by Crippen LogP contribution is 2.34. The van der Waals surface area contributed by atoms with Crippen molar-refractivity contribution in [3.05, 3.63) is 65.2 Å². The number of nitrogens with zero attached hydrogens (tertiary/aromatic N) is 3. The number of hydrogen-bond acceptors (Lipinski definition) is 6. The van der Waals surface area contributed by atoms with E-state index in [0.29, 0.717) is 39.0 Å². The molecule has 1 atom stereocenters. The van der Waals surface area contributed by atoms with Gasteiger partial charge >= 0.3 is 5.97 Å². The predicted molar refractivity (Wildman–Crippen MR) is 131 cm³/mol. The Labute approximate surface area is 201 Å². The van der Waals surface area contributed by atoms with E-state index >= 15 is 0 Å². The SMILES string of the molecule is CCOC(=O)C1CCN(CC(=O)N2N=C(c3cccc(C)c3)C[C@@H]2c2ccc(OC)cc2)CC1. The number of piperidine rings is 1. The van der Waals surface area contributed by atoms with Crippen molar-refractivity contribution in [3.8, 4) is 5.75 Å². The first kappa shape index (κ1) is 24.0. The fourth-order valence-electron chi connectivity index (χ4n) is 4.68. The summed E-state index contributed by atoms with van der Waals surface area (Å²) < 4.78 is 10.5. The molecule has 180 valence electrons. The molecule has 0 unspecified atom stereocenters. The Kier molecular flexibility index (Phi) is 7.63. The van der Waals surface area contributed by atoms with Crippen molar-refractivity contribution in [1.29, 1.82) is 0 Å². The van der Waals surface area contributed by atoms with Crippen molar-refractivity contribution in [2.45, 2.75) is 39.2 Å². The Morgan fingerprint density at radius 3 is 2.47 bits per heavy atom. The summed E-state index contributed by atoms with van der Waals surface area (Å²) in [6.07, 6.45) is 2.09. The third-order valence-corrected chi connectivity index (χ3v) is 6.58. The van der Waals surface area contributed by atoms with Gasteiger partial charge in [-0.1, -0.05) is 42.0 Å². The fraction of sp³-hybridized carbons (Fsp3) is 0.444. The van der Waals surface area contributed by atoms with Gasteiger partial charge in [0.25, 0.3) is 5.91 Å². The van der Waals surface area contributed by atoms with Crippen LogP contribution in [0.1, 0.15) is 48.9 Å². The zero-order chi connectivity index (χ0) is 24.1. The monoisotopic (exact) mass is 463 g/mol. The number of aryl methyl sites for hydroxylation is 1. The maximum Gasteiger partial charge on any atom is 0.309 e. The number of hydrazone groups is 1. The Morgan fingerprint density at radius 2 is 1.82 bits per heavy atom. The van der Waals surface area contributed by atoms with Crippen molar-refractivity contribution < 1.29 is 19.1 Å². The van der Waals surface area contributed by atoms with Crippen LogP contribution in [-0.4, -0.2) is 60.8 Å². The summed E-state index contributed by atoms with van der Waals surface area (Å²) in [6, 6.07) is 15.9. The minimum Gasteiger partial charge on any atom is -0.497 e. The zero-order valence-corrected chi connectivity index (χ0v) is 20.2. The molecule has 7 nitrogen and oxygen atoms in total. The molecule has 0 radical (unpaired) electrons. The molecular formula is C27H33N3O4. The zero-order valence-electron chi connectivity index (χ0n) is 20.2. The minimum absolute atomic E-state index is 0.0296. The molecule has 1 saturated heterocycles. The number of benzene rings is 2. The van der Waals surface area contributed by atoms with Crippen molar-refractivity contribution in [2.24, 2.45) is 11.0 Å². The predicted octanol–water partition coefficient (Wildman–Crippen LogP) is 3.96. The lowest BCUT2D eigenvalue weighted by Gasteiger charge is -2.32. The standard InChI is InChI=1S/C27H33N3O4/c1-4-34-27(32)21-12-14-29(15-13-21)18-26(31)30-25(20-8-10-23(33-3)11-9-20)17-24(28-30)22-7-5-6-19(2)16-22/h5-11,16,21,25H,4,12-15,17-18H2,1-3H3/t25-/m1/s1. The van der Waals surface area contributed by atoms with Gasteiger partial charge in [-0.3, -0.25) is 14.5 Å². The molecule has 2 aliphatic rings. The average molecular weight is 464 g/mol. The Balaban J connectivity index is 1.49. The summed E-state index contributed by atoms with van der Waals surface area (Å²) in [5.41, 5.74) is 4.15. The molecule has 7 heteroatoms. The second kappa shape index (κ2) is 10.8. The Bertz CT molecular complexity index is 1040. The van der Waals surface area contributed by atoms with Gasteiger partial charge in [-0.05, 0) is 63.0 Å². The molecule has 2 aromatic rings. The number of amides is 1. The minimum atomic E-state index is -0.161. The smallest absolute Gasteiger partial charge is 0.309 e. The first-order valence-corrected chi connectivity index (χ1v) is 12.0. The fourth-order valence-corrected chi connectivity index (χ4v) is 4.68. The van der Waals surface area contributed by atoms with Gasteiger partial charge in [0.1, 0.15) is 5.75 Å². The molecular weight excluding hydrogens is 430 g/mol. The second-order valence-corrected chi connectivity index (χ2v) is 8.95.